The third kappa shape index (κ3) is 5.77. The zero-order chi connectivity index (χ0) is 21.6. The summed E-state index contributed by atoms with van der Waals surface area (Å²) in [5.41, 5.74) is 0.204. The van der Waals surface area contributed by atoms with Crippen LogP contribution in [0.5, 0.6) is 5.75 Å². The molecule has 6 nitrogen and oxygen atoms in total. The van der Waals surface area contributed by atoms with Crippen molar-refractivity contribution in [1.82, 2.24) is 9.62 Å². The van der Waals surface area contributed by atoms with Gasteiger partial charge in [0.05, 0.1) is 19.3 Å². The number of sulfonamides is 1. The maximum atomic E-state index is 13.9. The van der Waals surface area contributed by atoms with Gasteiger partial charge in [0, 0.05) is 17.5 Å². The molecule has 0 heterocycles. The van der Waals surface area contributed by atoms with Gasteiger partial charge in [-0.3, -0.25) is 4.79 Å². The van der Waals surface area contributed by atoms with Crippen molar-refractivity contribution >= 4 is 26.7 Å². The van der Waals surface area contributed by atoms with Gasteiger partial charge in [0.25, 0.3) is 0 Å². The minimum absolute atomic E-state index is 0.204. The maximum Gasteiger partial charge on any atom is 0.235 e. The number of halogens is 1. The van der Waals surface area contributed by atoms with Crippen LogP contribution in [0.15, 0.2) is 66.7 Å². The molecule has 0 aliphatic carbocycles. The third-order valence-electron chi connectivity index (χ3n) is 4.52. The van der Waals surface area contributed by atoms with E-state index < -0.39 is 28.3 Å². The van der Waals surface area contributed by atoms with Crippen LogP contribution in [-0.4, -0.2) is 44.6 Å². The lowest BCUT2D eigenvalue weighted by atomic mass is 10.1. The van der Waals surface area contributed by atoms with E-state index in [0.29, 0.717) is 5.75 Å². The number of amides is 1. The molecule has 0 unspecified atom stereocenters. The van der Waals surface area contributed by atoms with Crippen molar-refractivity contribution in [1.29, 1.82) is 0 Å². The first kappa shape index (κ1) is 21.7. The molecule has 3 aromatic rings. The summed E-state index contributed by atoms with van der Waals surface area (Å²) in [5.74, 6) is -0.298. The molecule has 0 aliphatic rings. The Morgan fingerprint density at radius 2 is 1.73 bits per heavy atom. The number of ether oxygens (including phenoxy) is 1. The summed E-state index contributed by atoms with van der Waals surface area (Å²) in [7, 11) is -3.70. The number of hydrogen-bond donors (Lipinski definition) is 1. The second-order valence-corrected chi connectivity index (χ2v) is 8.78. The molecule has 0 saturated heterocycles. The van der Waals surface area contributed by atoms with Gasteiger partial charge < -0.3 is 10.1 Å². The summed E-state index contributed by atoms with van der Waals surface area (Å²) in [5, 5.41) is 4.66. The number of carbonyl (C=O) groups is 1. The smallest absolute Gasteiger partial charge is 0.235 e. The topological polar surface area (TPSA) is 75.7 Å². The first-order chi connectivity index (χ1) is 14.3. The van der Waals surface area contributed by atoms with Crippen molar-refractivity contribution in [2.45, 2.75) is 6.54 Å². The fourth-order valence-electron chi connectivity index (χ4n) is 3.00. The largest absolute Gasteiger partial charge is 0.491 e. The molecule has 0 aliphatic heterocycles. The lowest BCUT2D eigenvalue weighted by molar-refractivity contribution is -0.121. The molecule has 3 rings (SSSR count). The zero-order valence-corrected chi connectivity index (χ0v) is 17.4. The number of nitrogens with zero attached hydrogens (tertiary/aromatic N) is 1. The van der Waals surface area contributed by atoms with Gasteiger partial charge in [0.2, 0.25) is 15.9 Å². The Bertz CT molecular complexity index is 1130. The molecule has 8 heteroatoms. The van der Waals surface area contributed by atoms with E-state index >= 15 is 0 Å². The lowest BCUT2D eigenvalue weighted by Crippen LogP contribution is -2.41. The monoisotopic (exact) mass is 430 g/mol. The Balaban J connectivity index is 1.54. The Morgan fingerprint density at radius 3 is 2.50 bits per heavy atom. The summed E-state index contributed by atoms with van der Waals surface area (Å²) in [6.07, 6.45) is 0.991. The Kier molecular flexibility index (Phi) is 7.02. The van der Waals surface area contributed by atoms with Crippen molar-refractivity contribution in [2.24, 2.45) is 0 Å². The van der Waals surface area contributed by atoms with Crippen LogP contribution in [0, 0.1) is 5.82 Å². The molecule has 0 atom stereocenters. The number of hydrogen-bond acceptors (Lipinski definition) is 4. The second kappa shape index (κ2) is 9.69. The Labute approximate surface area is 175 Å². The Hall–Kier alpha value is -2.97. The fourth-order valence-corrected chi connectivity index (χ4v) is 3.72. The molecule has 0 fully saturated rings. The van der Waals surface area contributed by atoms with Gasteiger partial charge in [-0.2, -0.15) is 4.31 Å². The number of rotatable bonds is 9. The first-order valence-corrected chi connectivity index (χ1v) is 11.3. The van der Waals surface area contributed by atoms with E-state index in [1.165, 1.54) is 18.2 Å². The average Bonchev–Trinajstić information content (AvgIpc) is 2.71. The highest BCUT2D eigenvalue weighted by Crippen LogP contribution is 2.24. The summed E-state index contributed by atoms with van der Waals surface area (Å²) in [4.78, 5) is 12.2. The average molecular weight is 431 g/mol. The molecule has 0 saturated carbocycles. The van der Waals surface area contributed by atoms with Crippen molar-refractivity contribution < 1.29 is 22.3 Å². The van der Waals surface area contributed by atoms with E-state index in [9.17, 15) is 17.6 Å². The van der Waals surface area contributed by atoms with E-state index in [4.69, 9.17) is 4.74 Å². The third-order valence-corrected chi connectivity index (χ3v) is 5.72. The van der Waals surface area contributed by atoms with Crippen LogP contribution >= 0.6 is 0 Å². The highest BCUT2D eigenvalue weighted by atomic mass is 32.2. The van der Waals surface area contributed by atoms with Gasteiger partial charge in [-0.1, -0.05) is 54.6 Å². The zero-order valence-electron chi connectivity index (χ0n) is 16.5. The van der Waals surface area contributed by atoms with Gasteiger partial charge in [0.1, 0.15) is 18.2 Å². The van der Waals surface area contributed by atoms with Crippen LogP contribution < -0.4 is 10.1 Å². The molecule has 1 N–H and O–H groups in total. The van der Waals surface area contributed by atoms with Crippen molar-refractivity contribution in [3.8, 4) is 5.75 Å². The van der Waals surface area contributed by atoms with Crippen LogP contribution in [0.4, 0.5) is 4.39 Å². The molecule has 0 spiro atoms. The standard InChI is InChI=1S/C22H23FN2O4S/c1-30(27,28)25(15-18-8-3-5-11-20(18)23)16-22(26)24-13-14-29-21-12-6-9-17-7-2-4-10-19(17)21/h2-12H,13-16H2,1H3,(H,24,26). The van der Waals surface area contributed by atoms with E-state index in [1.807, 2.05) is 42.5 Å². The molecular formula is C22H23FN2O4S. The quantitative estimate of drug-likeness (QED) is 0.530. The van der Waals surface area contributed by atoms with E-state index in [-0.39, 0.29) is 25.3 Å². The molecule has 0 radical (unpaired) electrons. The molecular weight excluding hydrogens is 407 g/mol. The van der Waals surface area contributed by atoms with Crippen LogP contribution in [0.2, 0.25) is 0 Å². The van der Waals surface area contributed by atoms with Crippen LogP contribution in [-0.2, 0) is 21.4 Å². The summed E-state index contributed by atoms with van der Waals surface area (Å²) in [6.45, 7) is -0.182. The number of benzene rings is 3. The minimum atomic E-state index is -3.70. The molecule has 1 amide bonds. The van der Waals surface area contributed by atoms with Gasteiger partial charge >= 0.3 is 0 Å². The minimum Gasteiger partial charge on any atom is -0.491 e. The second-order valence-electron chi connectivity index (χ2n) is 6.80. The predicted molar refractivity (Wildman–Crippen MR) is 114 cm³/mol. The molecule has 158 valence electrons. The Morgan fingerprint density at radius 1 is 1.03 bits per heavy atom. The van der Waals surface area contributed by atoms with E-state index in [2.05, 4.69) is 5.32 Å². The van der Waals surface area contributed by atoms with Crippen LogP contribution in [0.1, 0.15) is 5.56 Å². The van der Waals surface area contributed by atoms with Gasteiger partial charge in [-0.15, -0.1) is 0 Å². The first-order valence-electron chi connectivity index (χ1n) is 9.40. The highest BCUT2D eigenvalue weighted by Gasteiger charge is 2.21. The maximum absolute atomic E-state index is 13.9. The van der Waals surface area contributed by atoms with Gasteiger partial charge in [-0.25, -0.2) is 12.8 Å². The summed E-state index contributed by atoms with van der Waals surface area (Å²) >= 11 is 0. The lowest BCUT2D eigenvalue weighted by Gasteiger charge is -2.20. The fraction of sp³-hybridized carbons (Fsp3) is 0.227. The molecule has 0 aromatic heterocycles. The van der Waals surface area contributed by atoms with Gasteiger partial charge in [0.15, 0.2) is 0 Å². The SMILES string of the molecule is CS(=O)(=O)N(CC(=O)NCCOc1cccc2ccccc12)Cc1ccccc1F. The molecule has 3 aromatic carbocycles. The molecule has 30 heavy (non-hydrogen) atoms. The number of fused-ring (bicyclic) bond motifs is 1. The van der Waals surface area contributed by atoms with Gasteiger partial charge in [-0.05, 0) is 17.5 Å². The number of carbonyl (C=O) groups excluding carboxylic acids is 1. The van der Waals surface area contributed by atoms with Crippen LogP contribution in [0.3, 0.4) is 0 Å². The van der Waals surface area contributed by atoms with E-state index in [0.717, 1.165) is 21.3 Å². The van der Waals surface area contributed by atoms with E-state index in [1.54, 1.807) is 6.07 Å². The highest BCUT2D eigenvalue weighted by molar-refractivity contribution is 7.88. The summed E-state index contributed by atoms with van der Waals surface area (Å²) < 4.78 is 44.6. The summed E-state index contributed by atoms with van der Waals surface area (Å²) in [6, 6.07) is 19.4. The van der Waals surface area contributed by atoms with Crippen molar-refractivity contribution in [3.63, 3.8) is 0 Å². The predicted octanol–water partition coefficient (Wildman–Crippen LogP) is 2.94. The normalized spacial score (nSPS) is 11.6. The van der Waals surface area contributed by atoms with Crippen molar-refractivity contribution in [2.75, 3.05) is 26.0 Å². The van der Waals surface area contributed by atoms with Crippen molar-refractivity contribution in [3.05, 3.63) is 78.1 Å². The molecule has 0 bridgehead atoms. The number of nitrogens with one attached hydrogen (secondary N) is 1. The van der Waals surface area contributed by atoms with Crippen LogP contribution in [0.25, 0.3) is 10.8 Å².